The van der Waals surface area contributed by atoms with Crippen LogP contribution in [0.15, 0.2) is 49.0 Å². The van der Waals surface area contributed by atoms with E-state index in [1.807, 2.05) is 0 Å². The molecule has 0 bridgehead atoms. The lowest BCUT2D eigenvalue weighted by atomic mass is 9.83. The Morgan fingerprint density at radius 2 is 1.68 bits per heavy atom. The van der Waals surface area contributed by atoms with Crippen LogP contribution < -0.4 is 0 Å². The third kappa shape index (κ3) is 2.89. The van der Waals surface area contributed by atoms with Crippen LogP contribution in [0.3, 0.4) is 0 Å². The molecule has 0 aliphatic heterocycles. The first-order valence-corrected chi connectivity index (χ1v) is 7.50. The fraction of sp³-hybridized carbons (Fsp3) is 0.368. The molecule has 1 aliphatic carbocycles. The molecule has 0 N–H and O–H groups in total. The maximum atomic E-state index is 4.33. The van der Waals surface area contributed by atoms with Crippen molar-refractivity contribution in [2.45, 2.75) is 38.5 Å². The van der Waals surface area contributed by atoms with Gasteiger partial charge in [-0.3, -0.25) is 0 Å². The van der Waals surface area contributed by atoms with Gasteiger partial charge in [-0.05, 0) is 40.3 Å². The molecule has 2 aromatic carbocycles. The standard InChI is InChI=1S/C19H22/c1-15(13-16-7-3-2-4-8-16)18-12-11-17-9-5-6-10-19(17)14-18/h5-6,9-12,14,16H,1-4,7-8,13H2. The van der Waals surface area contributed by atoms with E-state index < -0.39 is 0 Å². The molecule has 0 saturated heterocycles. The summed E-state index contributed by atoms with van der Waals surface area (Å²) in [6.07, 6.45) is 8.22. The van der Waals surface area contributed by atoms with Crippen molar-refractivity contribution in [1.82, 2.24) is 0 Å². The third-order valence-corrected chi connectivity index (χ3v) is 4.42. The van der Waals surface area contributed by atoms with Crippen LogP contribution in [0.1, 0.15) is 44.1 Å². The van der Waals surface area contributed by atoms with E-state index in [1.165, 1.54) is 60.4 Å². The highest BCUT2D eigenvalue weighted by Gasteiger charge is 2.15. The van der Waals surface area contributed by atoms with Gasteiger partial charge in [-0.15, -0.1) is 0 Å². The Morgan fingerprint density at radius 3 is 2.47 bits per heavy atom. The fourth-order valence-corrected chi connectivity index (χ4v) is 3.27. The molecular weight excluding hydrogens is 228 g/mol. The number of hydrogen-bond acceptors (Lipinski definition) is 0. The normalized spacial score (nSPS) is 16.6. The second kappa shape index (κ2) is 5.61. The molecule has 1 saturated carbocycles. The van der Waals surface area contributed by atoms with Crippen LogP contribution in [0.4, 0.5) is 0 Å². The lowest BCUT2D eigenvalue weighted by Crippen LogP contribution is -2.06. The Hall–Kier alpha value is -1.56. The maximum Gasteiger partial charge on any atom is -0.0178 e. The van der Waals surface area contributed by atoms with Crippen LogP contribution in [-0.4, -0.2) is 0 Å². The summed E-state index contributed by atoms with van der Waals surface area (Å²) >= 11 is 0. The first-order chi connectivity index (χ1) is 9.33. The molecule has 19 heavy (non-hydrogen) atoms. The van der Waals surface area contributed by atoms with Gasteiger partial charge in [0.25, 0.3) is 0 Å². The number of benzene rings is 2. The average molecular weight is 250 g/mol. The molecule has 0 aromatic heterocycles. The zero-order valence-electron chi connectivity index (χ0n) is 11.6. The zero-order chi connectivity index (χ0) is 13.1. The summed E-state index contributed by atoms with van der Waals surface area (Å²) in [5, 5.41) is 2.64. The third-order valence-electron chi connectivity index (χ3n) is 4.42. The number of hydrogen-bond donors (Lipinski definition) is 0. The summed E-state index contributed by atoms with van der Waals surface area (Å²) in [6.45, 7) is 4.33. The lowest BCUT2D eigenvalue weighted by Gasteiger charge is -2.22. The molecule has 0 heterocycles. The molecule has 98 valence electrons. The maximum absolute atomic E-state index is 4.33. The minimum absolute atomic E-state index is 0.868. The van der Waals surface area contributed by atoms with E-state index in [2.05, 4.69) is 49.0 Å². The molecule has 0 unspecified atom stereocenters. The van der Waals surface area contributed by atoms with E-state index in [9.17, 15) is 0 Å². The number of fused-ring (bicyclic) bond motifs is 1. The Balaban J connectivity index is 1.77. The SMILES string of the molecule is C=C(CC1CCCCC1)c1ccc2ccccc2c1. The van der Waals surface area contributed by atoms with Gasteiger partial charge in [0.1, 0.15) is 0 Å². The summed E-state index contributed by atoms with van der Waals surface area (Å²) < 4.78 is 0. The van der Waals surface area contributed by atoms with Crippen molar-refractivity contribution in [3.05, 3.63) is 54.6 Å². The summed E-state index contributed by atoms with van der Waals surface area (Å²) in [5.41, 5.74) is 2.64. The minimum atomic E-state index is 0.868. The van der Waals surface area contributed by atoms with Crippen LogP contribution in [0.2, 0.25) is 0 Å². The smallest absolute Gasteiger partial charge is 0.0178 e. The molecule has 3 rings (SSSR count). The molecule has 0 atom stereocenters. The molecule has 0 radical (unpaired) electrons. The second-order valence-corrected chi connectivity index (χ2v) is 5.87. The van der Waals surface area contributed by atoms with Crippen molar-refractivity contribution in [2.75, 3.05) is 0 Å². The van der Waals surface area contributed by atoms with E-state index in [0.717, 1.165) is 5.92 Å². The van der Waals surface area contributed by atoms with E-state index in [-0.39, 0.29) is 0 Å². The van der Waals surface area contributed by atoms with Crippen molar-refractivity contribution in [1.29, 1.82) is 0 Å². The van der Waals surface area contributed by atoms with Gasteiger partial charge < -0.3 is 0 Å². The average Bonchev–Trinajstić information content (AvgIpc) is 2.48. The summed E-state index contributed by atoms with van der Waals surface area (Å²) in [5.74, 6) is 0.868. The Labute approximate surface area is 116 Å². The van der Waals surface area contributed by atoms with Crippen molar-refractivity contribution in [3.8, 4) is 0 Å². The van der Waals surface area contributed by atoms with Gasteiger partial charge in [0.05, 0.1) is 0 Å². The molecule has 0 heteroatoms. The van der Waals surface area contributed by atoms with Gasteiger partial charge in [0.15, 0.2) is 0 Å². The Bertz CT molecular complexity index is 573. The zero-order valence-corrected chi connectivity index (χ0v) is 11.6. The van der Waals surface area contributed by atoms with Crippen molar-refractivity contribution >= 4 is 16.3 Å². The van der Waals surface area contributed by atoms with Gasteiger partial charge >= 0.3 is 0 Å². The molecule has 0 spiro atoms. The highest BCUT2D eigenvalue weighted by Crippen LogP contribution is 2.32. The van der Waals surface area contributed by atoms with Gasteiger partial charge in [0.2, 0.25) is 0 Å². The van der Waals surface area contributed by atoms with Crippen molar-refractivity contribution < 1.29 is 0 Å². The van der Waals surface area contributed by atoms with E-state index in [0.29, 0.717) is 0 Å². The predicted molar refractivity (Wildman–Crippen MR) is 84.2 cm³/mol. The van der Waals surface area contributed by atoms with E-state index in [4.69, 9.17) is 0 Å². The van der Waals surface area contributed by atoms with Crippen LogP contribution in [-0.2, 0) is 0 Å². The predicted octanol–water partition coefficient (Wildman–Crippen LogP) is 5.82. The molecular formula is C19H22. The molecule has 1 fully saturated rings. The van der Waals surface area contributed by atoms with Crippen molar-refractivity contribution in [3.63, 3.8) is 0 Å². The van der Waals surface area contributed by atoms with Gasteiger partial charge in [-0.1, -0.05) is 75.1 Å². The number of rotatable bonds is 3. The highest BCUT2D eigenvalue weighted by molar-refractivity contribution is 5.86. The first kappa shape index (κ1) is 12.5. The molecule has 0 amide bonds. The molecule has 0 nitrogen and oxygen atoms in total. The monoisotopic (exact) mass is 250 g/mol. The van der Waals surface area contributed by atoms with Gasteiger partial charge in [0, 0.05) is 0 Å². The highest BCUT2D eigenvalue weighted by atomic mass is 14.2. The first-order valence-electron chi connectivity index (χ1n) is 7.50. The summed E-state index contributed by atoms with van der Waals surface area (Å²) in [4.78, 5) is 0. The van der Waals surface area contributed by atoms with Crippen LogP contribution >= 0.6 is 0 Å². The Morgan fingerprint density at radius 1 is 0.947 bits per heavy atom. The Kier molecular flexibility index (Phi) is 3.68. The molecule has 2 aromatic rings. The summed E-state index contributed by atoms with van der Waals surface area (Å²) in [6, 6.07) is 15.3. The molecule has 1 aliphatic rings. The van der Waals surface area contributed by atoms with E-state index in [1.54, 1.807) is 0 Å². The lowest BCUT2D eigenvalue weighted by molar-refractivity contribution is 0.365. The van der Waals surface area contributed by atoms with Crippen molar-refractivity contribution in [2.24, 2.45) is 5.92 Å². The van der Waals surface area contributed by atoms with Crippen LogP contribution in [0.5, 0.6) is 0 Å². The number of allylic oxidation sites excluding steroid dienone is 1. The fourth-order valence-electron chi connectivity index (χ4n) is 3.27. The van der Waals surface area contributed by atoms with E-state index >= 15 is 0 Å². The van der Waals surface area contributed by atoms with Crippen LogP contribution in [0, 0.1) is 5.92 Å². The summed E-state index contributed by atoms with van der Waals surface area (Å²) in [7, 11) is 0. The largest absolute Gasteiger partial charge is 0.0952 e. The second-order valence-electron chi connectivity index (χ2n) is 5.87. The van der Waals surface area contributed by atoms with Crippen LogP contribution in [0.25, 0.3) is 16.3 Å². The minimum Gasteiger partial charge on any atom is -0.0952 e. The quantitative estimate of drug-likeness (QED) is 0.643. The van der Waals surface area contributed by atoms with Gasteiger partial charge in [-0.25, -0.2) is 0 Å². The topological polar surface area (TPSA) is 0 Å². The van der Waals surface area contributed by atoms with Gasteiger partial charge in [-0.2, -0.15) is 0 Å².